The molecule has 0 radical (unpaired) electrons. The van der Waals surface area contributed by atoms with E-state index in [-0.39, 0.29) is 11.3 Å². The molecule has 0 amide bonds. The maximum atomic E-state index is 12.6. The van der Waals surface area contributed by atoms with Gasteiger partial charge in [0, 0.05) is 32.3 Å². The largest absolute Gasteiger partial charge is 0.385 e. The topological polar surface area (TPSA) is 72.6 Å². The lowest BCUT2D eigenvalue weighted by atomic mass is 9.98. The van der Waals surface area contributed by atoms with Crippen LogP contribution in [0.15, 0.2) is 0 Å². The second kappa shape index (κ2) is 7.57. The minimum atomic E-state index is -3.24. The zero-order chi connectivity index (χ0) is 14.4. The van der Waals surface area contributed by atoms with Crippen LogP contribution >= 0.6 is 0 Å². The van der Waals surface area contributed by atoms with Crippen LogP contribution < -0.4 is 5.73 Å². The van der Waals surface area contributed by atoms with Gasteiger partial charge in [-0.3, -0.25) is 0 Å². The van der Waals surface area contributed by atoms with Gasteiger partial charge in [0.05, 0.1) is 5.75 Å². The maximum Gasteiger partial charge on any atom is 0.214 e. The van der Waals surface area contributed by atoms with Gasteiger partial charge in [0.15, 0.2) is 0 Å². The van der Waals surface area contributed by atoms with Gasteiger partial charge in [0.25, 0.3) is 0 Å². The lowest BCUT2D eigenvalue weighted by Crippen LogP contribution is -2.55. The van der Waals surface area contributed by atoms with Crippen molar-refractivity contribution < 1.29 is 13.2 Å². The second-order valence-electron chi connectivity index (χ2n) is 5.37. The molecule has 0 aromatic rings. The van der Waals surface area contributed by atoms with E-state index in [0.29, 0.717) is 26.1 Å². The van der Waals surface area contributed by atoms with Gasteiger partial charge in [-0.2, -0.15) is 4.31 Å². The first-order valence-corrected chi connectivity index (χ1v) is 8.83. The van der Waals surface area contributed by atoms with E-state index in [1.165, 1.54) is 0 Å². The zero-order valence-corrected chi connectivity index (χ0v) is 13.0. The highest BCUT2D eigenvalue weighted by atomic mass is 32.2. The third kappa shape index (κ3) is 4.15. The highest BCUT2D eigenvalue weighted by molar-refractivity contribution is 7.89. The van der Waals surface area contributed by atoms with Crippen LogP contribution in [-0.2, 0) is 14.8 Å². The summed E-state index contributed by atoms with van der Waals surface area (Å²) in [4.78, 5) is 0. The van der Waals surface area contributed by atoms with Crippen molar-refractivity contribution in [2.24, 2.45) is 5.73 Å². The van der Waals surface area contributed by atoms with Gasteiger partial charge in [-0.05, 0) is 25.7 Å². The SMILES string of the molecule is CCCN(C1(CN)CCCC1)S(=O)(=O)CCCOC. The molecule has 0 atom stereocenters. The van der Waals surface area contributed by atoms with E-state index in [1.54, 1.807) is 11.4 Å². The normalized spacial score (nSPS) is 19.2. The van der Waals surface area contributed by atoms with Crippen LogP contribution in [0.25, 0.3) is 0 Å². The summed E-state index contributed by atoms with van der Waals surface area (Å²) in [6.45, 7) is 3.49. The molecule has 1 fully saturated rings. The lowest BCUT2D eigenvalue weighted by Gasteiger charge is -2.39. The minimum Gasteiger partial charge on any atom is -0.385 e. The highest BCUT2D eigenvalue weighted by Gasteiger charge is 2.43. The average Bonchev–Trinajstić information content (AvgIpc) is 2.85. The summed E-state index contributed by atoms with van der Waals surface area (Å²) < 4.78 is 31.8. The molecule has 0 aromatic carbocycles. The minimum absolute atomic E-state index is 0.155. The van der Waals surface area contributed by atoms with Gasteiger partial charge in [-0.1, -0.05) is 19.8 Å². The summed E-state index contributed by atoms with van der Waals surface area (Å²) in [6, 6.07) is 0. The van der Waals surface area contributed by atoms with Gasteiger partial charge >= 0.3 is 0 Å². The lowest BCUT2D eigenvalue weighted by molar-refractivity contribution is 0.189. The summed E-state index contributed by atoms with van der Waals surface area (Å²) in [5.41, 5.74) is 5.59. The van der Waals surface area contributed by atoms with Gasteiger partial charge in [0.2, 0.25) is 10.0 Å². The Morgan fingerprint density at radius 3 is 2.42 bits per heavy atom. The quantitative estimate of drug-likeness (QED) is 0.651. The van der Waals surface area contributed by atoms with Gasteiger partial charge < -0.3 is 10.5 Å². The second-order valence-corrected chi connectivity index (χ2v) is 7.38. The van der Waals surface area contributed by atoms with Gasteiger partial charge in [-0.15, -0.1) is 0 Å². The molecule has 1 aliphatic rings. The Labute approximate surface area is 117 Å². The van der Waals surface area contributed by atoms with Crippen LogP contribution in [0.3, 0.4) is 0 Å². The fourth-order valence-corrected chi connectivity index (χ4v) is 4.97. The van der Waals surface area contributed by atoms with Crippen LogP contribution in [-0.4, -0.2) is 50.8 Å². The van der Waals surface area contributed by atoms with Crippen LogP contribution in [0.5, 0.6) is 0 Å². The fourth-order valence-electron chi connectivity index (χ4n) is 2.96. The molecule has 1 rings (SSSR count). The Balaban J connectivity index is 2.86. The highest BCUT2D eigenvalue weighted by Crippen LogP contribution is 2.36. The van der Waals surface area contributed by atoms with E-state index in [0.717, 1.165) is 32.1 Å². The Hall–Kier alpha value is -0.170. The molecule has 2 N–H and O–H groups in total. The van der Waals surface area contributed by atoms with Crippen molar-refractivity contribution in [3.05, 3.63) is 0 Å². The third-order valence-corrected chi connectivity index (χ3v) is 6.00. The molecule has 0 aromatic heterocycles. The van der Waals surface area contributed by atoms with E-state index in [9.17, 15) is 8.42 Å². The predicted octanol–water partition coefficient (Wildman–Crippen LogP) is 1.34. The molecule has 0 bridgehead atoms. The predicted molar refractivity (Wildman–Crippen MR) is 77.5 cm³/mol. The van der Waals surface area contributed by atoms with Crippen molar-refractivity contribution in [2.45, 2.75) is 51.0 Å². The molecule has 114 valence electrons. The average molecular weight is 292 g/mol. The molecule has 0 spiro atoms. The van der Waals surface area contributed by atoms with E-state index in [1.807, 2.05) is 6.92 Å². The number of sulfonamides is 1. The van der Waals surface area contributed by atoms with Gasteiger partial charge in [-0.25, -0.2) is 8.42 Å². The molecule has 19 heavy (non-hydrogen) atoms. The molecule has 0 heterocycles. The first-order valence-electron chi connectivity index (χ1n) is 7.22. The number of rotatable bonds is 9. The van der Waals surface area contributed by atoms with Crippen molar-refractivity contribution >= 4 is 10.0 Å². The number of hydrogen-bond acceptors (Lipinski definition) is 4. The van der Waals surface area contributed by atoms with Crippen molar-refractivity contribution in [1.82, 2.24) is 4.31 Å². The summed E-state index contributed by atoms with van der Waals surface area (Å²) in [5.74, 6) is 0.155. The summed E-state index contributed by atoms with van der Waals surface area (Å²) >= 11 is 0. The van der Waals surface area contributed by atoms with Crippen LogP contribution in [0.1, 0.15) is 45.4 Å². The summed E-state index contributed by atoms with van der Waals surface area (Å²) in [5, 5.41) is 0. The molecule has 0 aliphatic heterocycles. The molecule has 1 aliphatic carbocycles. The number of nitrogens with zero attached hydrogens (tertiary/aromatic N) is 1. The van der Waals surface area contributed by atoms with Crippen molar-refractivity contribution in [2.75, 3.05) is 32.6 Å². The Bertz CT molecular complexity index is 351. The van der Waals surface area contributed by atoms with E-state index < -0.39 is 10.0 Å². The monoisotopic (exact) mass is 292 g/mol. The standard InChI is InChI=1S/C13H28N2O3S/c1-3-9-15(13(12-14)7-4-5-8-13)19(16,17)11-6-10-18-2/h3-12,14H2,1-2H3. The fraction of sp³-hybridized carbons (Fsp3) is 1.00. The molecule has 6 heteroatoms. The Morgan fingerprint density at radius 1 is 1.32 bits per heavy atom. The number of ether oxygens (including phenoxy) is 1. The van der Waals surface area contributed by atoms with Gasteiger partial charge in [0.1, 0.15) is 0 Å². The summed E-state index contributed by atoms with van der Waals surface area (Å²) in [6.07, 6.45) is 5.31. The number of methoxy groups -OCH3 is 1. The first kappa shape index (κ1) is 16.9. The Morgan fingerprint density at radius 2 is 1.95 bits per heavy atom. The van der Waals surface area contributed by atoms with Crippen molar-refractivity contribution in [1.29, 1.82) is 0 Å². The molecular weight excluding hydrogens is 264 g/mol. The smallest absolute Gasteiger partial charge is 0.214 e. The number of hydrogen-bond donors (Lipinski definition) is 1. The number of nitrogens with two attached hydrogens (primary N) is 1. The van der Waals surface area contributed by atoms with Crippen LogP contribution in [0.4, 0.5) is 0 Å². The first-order chi connectivity index (χ1) is 9.02. The van der Waals surface area contributed by atoms with E-state index >= 15 is 0 Å². The van der Waals surface area contributed by atoms with Crippen LogP contribution in [0.2, 0.25) is 0 Å². The molecule has 5 nitrogen and oxygen atoms in total. The maximum absolute atomic E-state index is 12.6. The summed E-state index contributed by atoms with van der Waals surface area (Å²) in [7, 11) is -1.65. The third-order valence-electron chi connectivity index (χ3n) is 3.96. The van der Waals surface area contributed by atoms with E-state index in [4.69, 9.17) is 10.5 Å². The molecule has 0 saturated heterocycles. The Kier molecular flexibility index (Phi) is 6.73. The van der Waals surface area contributed by atoms with Crippen molar-refractivity contribution in [3.8, 4) is 0 Å². The molecule has 0 unspecified atom stereocenters. The van der Waals surface area contributed by atoms with Crippen LogP contribution in [0, 0.1) is 0 Å². The zero-order valence-electron chi connectivity index (χ0n) is 12.2. The molecular formula is C13H28N2O3S. The van der Waals surface area contributed by atoms with Crippen molar-refractivity contribution in [3.63, 3.8) is 0 Å². The van der Waals surface area contributed by atoms with E-state index in [2.05, 4.69) is 0 Å². The molecule has 1 saturated carbocycles.